The van der Waals surface area contributed by atoms with Crippen LogP contribution in [-0.2, 0) is 6.42 Å². The fraction of sp³-hybridized carbons (Fsp3) is 0.0222. The van der Waals surface area contributed by atoms with Gasteiger partial charge >= 0.3 is 0 Å². The molecule has 6 heterocycles. The van der Waals surface area contributed by atoms with E-state index in [1.165, 1.54) is 68.2 Å². The highest BCUT2D eigenvalue weighted by molar-refractivity contribution is 7.27. The van der Waals surface area contributed by atoms with Crippen LogP contribution >= 0.6 is 22.7 Å². The van der Waals surface area contributed by atoms with Gasteiger partial charge in [-0.3, -0.25) is 0 Å². The largest absolute Gasteiger partial charge is 0.247 e. The van der Waals surface area contributed by atoms with Crippen molar-refractivity contribution in [3.05, 3.63) is 319 Å². The summed E-state index contributed by atoms with van der Waals surface area (Å²) in [4.78, 5) is 42.5. The third-order valence-corrected chi connectivity index (χ3v) is 22.7. The van der Waals surface area contributed by atoms with Crippen molar-refractivity contribution >= 4 is 112 Å². The van der Waals surface area contributed by atoms with E-state index in [1.54, 1.807) is 0 Å². The molecule has 12 aromatic carbocycles. The monoisotopic (exact) mass is 1310 g/mol. The van der Waals surface area contributed by atoms with Crippen LogP contribution < -0.4 is 0 Å². The van der Waals surface area contributed by atoms with Crippen LogP contribution in [0.5, 0.6) is 0 Å². The van der Waals surface area contributed by atoms with E-state index in [4.69, 9.17) is 39.9 Å². The predicted octanol–water partition coefficient (Wildman–Crippen LogP) is 23.3. The zero-order valence-electron chi connectivity index (χ0n) is 53.5. The third-order valence-electron chi connectivity index (χ3n) is 20.3. The molecule has 3 aliphatic carbocycles. The topological polar surface area (TPSA) is 103 Å². The van der Waals surface area contributed by atoms with Gasteiger partial charge in [-0.1, -0.05) is 267 Å². The van der Waals surface area contributed by atoms with Crippen molar-refractivity contribution in [1.29, 1.82) is 0 Å². The Labute approximate surface area is 581 Å². The van der Waals surface area contributed by atoms with Gasteiger partial charge in [-0.05, 0) is 97.3 Å². The first kappa shape index (κ1) is 56.6. The molecular weight excluding hydrogens is 1260 g/mol. The van der Waals surface area contributed by atoms with Gasteiger partial charge in [0.05, 0.1) is 22.4 Å². The maximum absolute atomic E-state index is 5.46. The number of benzene rings is 12. The van der Waals surface area contributed by atoms with Gasteiger partial charge < -0.3 is 0 Å². The Hall–Kier alpha value is -12.6. The van der Waals surface area contributed by atoms with Crippen LogP contribution in [-0.4, -0.2) is 39.9 Å². The van der Waals surface area contributed by atoms with Crippen molar-refractivity contribution in [3.63, 3.8) is 0 Å². The quantitative estimate of drug-likeness (QED) is 0.132. The number of rotatable bonds is 9. The number of aromatic nitrogens is 8. The summed E-state index contributed by atoms with van der Waals surface area (Å²) in [6, 6.07) is 92.4. The molecule has 0 N–H and O–H groups in total. The van der Waals surface area contributed by atoms with Gasteiger partial charge in [0.25, 0.3) is 0 Å². The average molecular weight is 1310 g/mol. The molecule has 3 aliphatic rings. The van der Waals surface area contributed by atoms with E-state index in [9.17, 15) is 0 Å². The highest BCUT2D eigenvalue weighted by Gasteiger charge is 2.33. The van der Waals surface area contributed by atoms with Crippen molar-refractivity contribution in [1.82, 2.24) is 39.9 Å². The predicted molar refractivity (Wildman–Crippen MR) is 414 cm³/mol. The average Bonchev–Trinajstić information content (AvgIpc) is 1.12. The normalized spacial score (nSPS) is 13.9. The summed E-state index contributed by atoms with van der Waals surface area (Å²) in [6.45, 7) is 0. The molecule has 0 saturated heterocycles. The molecule has 21 rings (SSSR count). The van der Waals surface area contributed by atoms with E-state index in [0.717, 1.165) is 117 Å². The van der Waals surface area contributed by atoms with E-state index in [2.05, 4.69) is 279 Å². The molecule has 0 bridgehead atoms. The van der Waals surface area contributed by atoms with Gasteiger partial charge in [-0.25, -0.2) is 39.9 Å². The number of fused-ring (bicyclic) bond motifs is 13. The van der Waals surface area contributed by atoms with Gasteiger partial charge in [0.1, 0.15) is 0 Å². The lowest BCUT2D eigenvalue weighted by Gasteiger charge is -2.33. The summed E-state index contributed by atoms with van der Waals surface area (Å²) in [5.41, 5.74) is 20.2. The number of thiophene rings is 2. The van der Waals surface area contributed by atoms with Crippen LogP contribution in [0.1, 0.15) is 22.6 Å². The Balaban J connectivity index is 0.641. The van der Waals surface area contributed by atoms with E-state index in [1.807, 2.05) is 40.9 Å². The number of pyridine rings is 2. The van der Waals surface area contributed by atoms with Crippen LogP contribution in [0, 0.1) is 0 Å². The lowest BCUT2D eigenvalue weighted by atomic mass is 9.70. The van der Waals surface area contributed by atoms with E-state index >= 15 is 0 Å². The Kier molecular flexibility index (Phi) is 12.7. The van der Waals surface area contributed by atoms with Crippen molar-refractivity contribution in [2.24, 2.45) is 0 Å². The van der Waals surface area contributed by atoms with Crippen molar-refractivity contribution < 1.29 is 0 Å². The third kappa shape index (κ3) is 9.11. The molecule has 10 heteroatoms. The highest BCUT2D eigenvalue weighted by atomic mass is 32.1. The molecular formula is C90H52N8S2. The summed E-state index contributed by atoms with van der Waals surface area (Å²) in [7, 11) is 0. The summed E-state index contributed by atoms with van der Waals surface area (Å²) >= 11 is 3.65. The number of hydrogen-bond acceptors (Lipinski definition) is 10. The molecule has 18 aromatic rings. The Morgan fingerprint density at radius 2 is 0.800 bits per heavy atom. The molecule has 0 fully saturated rings. The van der Waals surface area contributed by atoms with E-state index in [-0.39, 0.29) is 5.92 Å². The Bertz CT molecular complexity index is 6660. The van der Waals surface area contributed by atoms with Gasteiger partial charge in [0.15, 0.2) is 34.9 Å². The molecule has 0 saturated carbocycles. The SMILES string of the molecule is C1=CC2=CCc3ccc(-c4nc(-c5ccccc5)nc(-c5ccc(-c6nc7ccccc7c7sc8cc(-c9ccc(-c%10nc(-c%11ccc(-c%12nc%13ccccc%13c%13sc%14ccccc%14c%12%13)cc%11)nc(-c%11cc%12ccccc%12c%12ccccc%11%12)n%10)cc9)ccc8c67)cc5)n4)c4c3C2C(=C1)C=C4. The van der Waals surface area contributed by atoms with Crippen LogP contribution in [0.2, 0.25) is 0 Å². The lowest BCUT2D eigenvalue weighted by molar-refractivity contribution is 0.892. The molecule has 100 heavy (non-hydrogen) atoms. The molecule has 8 nitrogen and oxygen atoms in total. The molecule has 0 radical (unpaired) electrons. The minimum absolute atomic E-state index is 0.218. The number of hydrogen-bond donors (Lipinski definition) is 0. The first-order chi connectivity index (χ1) is 49.5. The summed E-state index contributed by atoms with van der Waals surface area (Å²) < 4.78 is 4.87. The summed E-state index contributed by atoms with van der Waals surface area (Å²) in [6.07, 6.45) is 14.5. The first-order valence-electron chi connectivity index (χ1n) is 33.7. The number of para-hydroxylation sites is 2. The standard InChI is InChI=1S/C90H52N8S2/c1-2-15-57(16-3-1)85-93-86(96-89(95-85)67-47-44-54-32-31-52-18-14-19-53-43-46-66(67)78(54)77(52)53)59-39-35-56(36-40-59)82-80-71-48-45-61(50-76(71)100-84(80)69-24-9-12-27-74(69)92-82)51-29-37-58(38-30-51)87-94-88(98-90(97-87)72-49-62-17-4-5-20-63(62)64-21-6-7-22-65(64)72)60-41-33-55(34-42-60)81-79-70-25-10-13-28-75(70)99-83(79)68-23-8-11-26-73(68)91-81/h1-31,33-50,77H,32H2. The van der Waals surface area contributed by atoms with Gasteiger partial charge in [-0.2, -0.15) is 0 Å². The zero-order valence-corrected chi connectivity index (χ0v) is 55.1. The second-order valence-corrected chi connectivity index (χ2v) is 28.1. The van der Waals surface area contributed by atoms with Crippen molar-refractivity contribution in [2.75, 3.05) is 0 Å². The van der Waals surface area contributed by atoms with E-state index in [0.29, 0.717) is 34.9 Å². The molecule has 6 aromatic heterocycles. The Morgan fingerprint density at radius 1 is 0.310 bits per heavy atom. The summed E-state index contributed by atoms with van der Waals surface area (Å²) in [5.74, 6) is 3.91. The molecule has 0 aliphatic heterocycles. The minimum Gasteiger partial charge on any atom is -0.247 e. The van der Waals surface area contributed by atoms with Gasteiger partial charge in [-0.15, -0.1) is 22.7 Å². The van der Waals surface area contributed by atoms with Crippen LogP contribution in [0.3, 0.4) is 0 Å². The second-order valence-electron chi connectivity index (χ2n) is 26.0. The highest BCUT2D eigenvalue weighted by Crippen LogP contribution is 2.50. The lowest BCUT2D eigenvalue weighted by Crippen LogP contribution is -2.18. The minimum atomic E-state index is 0.218. The summed E-state index contributed by atoms with van der Waals surface area (Å²) in [5, 5.41) is 11.5. The molecule has 1 unspecified atom stereocenters. The number of nitrogens with zero attached hydrogens (tertiary/aromatic N) is 8. The van der Waals surface area contributed by atoms with Crippen molar-refractivity contribution in [2.45, 2.75) is 12.3 Å². The molecule has 0 spiro atoms. The smallest absolute Gasteiger partial charge is 0.164 e. The van der Waals surface area contributed by atoms with Crippen LogP contribution in [0.4, 0.5) is 0 Å². The Morgan fingerprint density at radius 3 is 1.45 bits per heavy atom. The van der Waals surface area contributed by atoms with Gasteiger partial charge in [0, 0.05) is 102 Å². The molecule has 1 atom stereocenters. The van der Waals surface area contributed by atoms with Crippen molar-refractivity contribution in [3.8, 4) is 102 Å². The van der Waals surface area contributed by atoms with Crippen LogP contribution in [0.25, 0.3) is 192 Å². The van der Waals surface area contributed by atoms with E-state index < -0.39 is 0 Å². The zero-order chi connectivity index (χ0) is 65.5. The van der Waals surface area contributed by atoms with Crippen LogP contribution in [0.15, 0.2) is 302 Å². The second kappa shape index (κ2) is 22.5. The fourth-order valence-corrected chi connectivity index (χ4v) is 18.0. The maximum Gasteiger partial charge on any atom is 0.164 e. The number of allylic oxidation sites excluding steroid dienone is 7. The first-order valence-corrected chi connectivity index (χ1v) is 35.3. The molecule has 464 valence electrons. The van der Waals surface area contributed by atoms with Gasteiger partial charge in [0.2, 0.25) is 0 Å². The maximum atomic E-state index is 5.46. The fourth-order valence-electron chi connectivity index (χ4n) is 15.5. The molecule has 0 amide bonds.